The maximum absolute atomic E-state index is 12.9. The Hall–Kier alpha value is -2.50. The number of aliphatic hydroxyl groups excluding tert-OH is 1. The average Bonchev–Trinajstić information content (AvgIpc) is 3.10. The van der Waals surface area contributed by atoms with E-state index in [1.807, 2.05) is 47.3 Å². The summed E-state index contributed by atoms with van der Waals surface area (Å²) in [6.07, 6.45) is 2.55. The van der Waals surface area contributed by atoms with E-state index in [-0.39, 0.29) is 18.5 Å². The molecular formula is C19H20FN3O. The first-order valence-electron chi connectivity index (χ1n) is 7.93. The Bertz CT molecular complexity index is 756. The molecule has 1 atom stereocenters. The van der Waals surface area contributed by atoms with Gasteiger partial charge in [0, 0.05) is 18.8 Å². The second kappa shape index (κ2) is 7.86. The van der Waals surface area contributed by atoms with E-state index in [0.717, 1.165) is 16.9 Å². The summed E-state index contributed by atoms with van der Waals surface area (Å²) in [5.41, 5.74) is 2.89. The number of halogens is 1. The van der Waals surface area contributed by atoms with Crippen LogP contribution in [0, 0.1) is 5.82 Å². The molecule has 4 nitrogen and oxygen atoms in total. The van der Waals surface area contributed by atoms with Gasteiger partial charge < -0.3 is 10.4 Å². The van der Waals surface area contributed by atoms with Crippen molar-refractivity contribution in [1.29, 1.82) is 0 Å². The summed E-state index contributed by atoms with van der Waals surface area (Å²) in [4.78, 5) is 0. The molecule has 0 aliphatic carbocycles. The van der Waals surface area contributed by atoms with Crippen LogP contribution in [0.3, 0.4) is 0 Å². The Morgan fingerprint density at radius 1 is 1.04 bits per heavy atom. The molecule has 0 fully saturated rings. The van der Waals surface area contributed by atoms with Crippen molar-refractivity contribution in [3.63, 3.8) is 0 Å². The minimum absolute atomic E-state index is 0.0107. The van der Waals surface area contributed by atoms with Crippen molar-refractivity contribution in [3.05, 3.63) is 83.9 Å². The van der Waals surface area contributed by atoms with Crippen molar-refractivity contribution in [2.24, 2.45) is 0 Å². The van der Waals surface area contributed by atoms with Gasteiger partial charge in [-0.15, -0.1) is 0 Å². The van der Waals surface area contributed by atoms with Gasteiger partial charge in [0.2, 0.25) is 0 Å². The maximum Gasteiger partial charge on any atom is 0.123 e. The molecule has 2 N–H and O–H groups in total. The van der Waals surface area contributed by atoms with E-state index in [4.69, 9.17) is 0 Å². The lowest BCUT2D eigenvalue weighted by Gasteiger charge is -2.15. The topological polar surface area (TPSA) is 50.1 Å². The molecule has 0 aliphatic heterocycles. The number of nitrogens with zero attached hydrogens (tertiary/aromatic N) is 2. The summed E-state index contributed by atoms with van der Waals surface area (Å²) >= 11 is 0. The number of rotatable bonds is 7. The largest absolute Gasteiger partial charge is 0.395 e. The predicted octanol–water partition coefficient (Wildman–Crippen LogP) is 2.70. The Labute approximate surface area is 140 Å². The van der Waals surface area contributed by atoms with Crippen molar-refractivity contribution in [2.75, 3.05) is 6.61 Å². The van der Waals surface area contributed by atoms with Crippen molar-refractivity contribution < 1.29 is 9.50 Å². The highest BCUT2D eigenvalue weighted by atomic mass is 19.1. The lowest BCUT2D eigenvalue weighted by Crippen LogP contribution is -2.34. The van der Waals surface area contributed by atoms with Crippen molar-refractivity contribution in [2.45, 2.75) is 19.0 Å². The molecular weight excluding hydrogens is 305 g/mol. The van der Waals surface area contributed by atoms with Crippen LogP contribution in [-0.2, 0) is 13.0 Å². The first-order chi connectivity index (χ1) is 11.7. The molecule has 0 bridgehead atoms. The third-order valence-electron chi connectivity index (χ3n) is 3.85. The number of hydrogen-bond acceptors (Lipinski definition) is 3. The van der Waals surface area contributed by atoms with E-state index >= 15 is 0 Å². The van der Waals surface area contributed by atoms with Gasteiger partial charge in [-0.05, 0) is 42.3 Å². The van der Waals surface area contributed by atoms with Gasteiger partial charge in [0.1, 0.15) is 5.82 Å². The normalized spacial score (nSPS) is 12.2. The molecule has 1 heterocycles. The third-order valence-corrected chi connectivity index (χ3v) is 3.85. The van der Waals surface area contributed by atoms with Gasteiger partial charge in [-0.3, -0.25) is 0 Å². The molecule has 5 heteroatoms. The zero-order valence-corrected chi connectivity index (χ0v) is 13.3. The quantitative estimate of drug-likeness (QED) is 0.702. The standard InChI is InChI=1S/C19H20FN3O/c20-16-8-6-15(7-9-16)12-18(14-24)21-13-17-10-11-23(22-17)19-4-2-1-3-5-19/h1-11,18,21,24H,12-14H2. The average molecular weight is 325 g/mol. The van der Waals surface area contributed by atoms with E-state index < -0.39 is 0 Å². The molecule has 0 saturated carbocycles. The molecule has 124 valence electrons. The summed E-state index contributed by atoms with van der Waals surface area (Å²) in [7, 11) is 0. The van der Waals surface area contributed by atoms with Crippen LogP contribution in [0.2, 0.25) is 0 Å². The van der Waals surface area contributed by atoms with E-state index in [1.165, 1.54) is 12.1 Å². The first kappa shape index (κ1) is 16.4. The lowest BCUT2D eigenvalue weighted by molar-refractivity contribution is 0.240. The summed E-state index contributed by atoms with van der Waals surface area (Å²) < 4.78 is 14.8. The van der Waals surface area contributed by atoms with Crippen LogP contribution in [0.5, 0.6) is 0 Å². The smallest absolute Gasteiger partial charge is 0.123 e. The van der Waals surface area contributed by atoms with Gasteiger partial charge in [0.05, 0.1) is 18.0 Å². The number of aliphatic hydroxyl groups is 1. The molecule has 0 spiro atoms. The molecule has 0 radical (unpaired) electrons. The Balaban J connectivity index is 1.58. The highest BCUT2D eigenvalue weighted by molar-refractivity contribution is 5.30. The fraction of sp³-hybridized carbons (Fsp3) is 0.211. The van der Waals surface area contributed by atoms with E-state index in [2.05, 4.69) is 10.4 Å². The van der Waals surface area contributed by atoms with Crippen LogP contribution in [0.15, 0.2) is 66.9 Å². The van der Waals surface area contributed by atoms with Gasteiger partial charge in [0.25, 0.3) is 0 Å². The zero-order valence-electron chi connectivity index (χ0n) is 13.3. The monoisotopic (exact) mass is 325 g/mol. The van der Waals surface area contributed by atoms with Gasteiger partial charge in [0.15, 0.2) is 0 Å². The highest BCUT2D eigenvalue weighted by Gasteiger charge is 2.09. The fourth-order valence-corrected chi connectivity index (χ4v) is 2.54. The van der Waals surface area contributed by atoms with Gasteiger partial charge >= 0.3 is 0 Å². The van der Waals surface area contributed by atoms with Gasteiger partial charge in [-0.2, -0.15) is 5.10 Å². The molecule has 1 aromatic heterocycles. The Morgan fingerprint density at radius 3 is 2.50 bits per heavy atom. The molecule has 3 aromatic rings. The van der Waals surface area contributed by atoms with Crippen LogP contribution in [0.25, 0.3) is 5.69 Å². The molecule has 1 unspecified atom stereocenters. The molecule has 0 amide bonds. The number of aromatic nitrogens is 2. The Kier molecular flexibility index (Phi) is 5.36. The minimum atomic E-state index is -0.251. The van der Waals surface area contributed by atoms with E-state index in [0.29, 0.717) is 13.0 Å². The molecule has 0 aliphatic rings. The van der Waals surface area contributed by atoms with Gasteiger partial charge in [-0.25, -0.2) is 9.07 Å². The van der Waals surface area contributed by atoms with Crippen LogP contribution >= 0.6 is 0 Å². The number of para-hydroxylation sites is 1. The number of nitrogens with one attached hydrogen (secondary N) is 1. The fourth-order valence-electron chi connectivity index (χ4n) is 2.54. The van der Waals surface area contributed by atoms with Gasteiger partial charge in [-0.1, -0.05) is 30.3 Å². The zero-order chi connectivity index (χ0) is 16.8. The SMILES string of the molecule is OCC(Cc1ccc(F)cc1)NCc1ccn(-c2ccccc2)n1. The predicted molar refractivity (Wildman–Crippen MR) is 91.4 cm³/mol. The van der Waals surface area contributed by atoms with E-state index in [9.17, 15) is 9.50 Å². The molecule has 0 saturated heterocycles. The Morgan fingerprint density at radius 2 is 1.79 bits per heavy atom. The van der Waals surface area contributed by atoms with Crippen molar-refractivity contribution >= 4 is 0 Å². The number of hydrogen-bond donors (Lipinski definition) is 2. The summed E-state index contributed by atoms with van der Waals surface area (Å²) in [6.45, 7) is 0.572. The third kappa shape index (κ3) is 4.28. The van der Waals surface area contributed by atoms with Crippen LogP contribution < -0.4 is 5.32 Å². The van der Waals surface area contributed by atoms with Crippen LogP contribution in [0.4, 0.5) is 4.39 Å². The highest BCUT2D eigenvalue weighted by Crippen LogP contribution is 2.08. The minimum Gasteiger partial charge on any atom is -0.395 e. The van der Waals surface area contributed by atoms with Crippen LogP contribution in [-0.4, -0.2) is 27.5 Å². The molecule has 2 aromatic carbocycles. The van der Waals surface area contributed by atoms with Crippen molar-refractivity contribution in [1.82, 2.24) is 15.1 Å². The van der Waals surface area contributed by atoms with Crippen molar-refractivity contribution in [3.8, 4) is 5.69 Å². The van der Waals surface area contributed by atoms with Crippen LogP contribution in [0.1, 0.15) is 11.3 Å². The maximum atomic E-state index is 12.9. The second-order valence-corrected chi connectivity index (χ2v) is 5.68. The lowest BCUT2D eigenvalue weighted by atomic mass is 10.1. The summed E-state index contributed by atoms with van der Waals surface area (Å²) in [6, 6.07) is 18.1. The second-order valence-electron chi connectivity index (χ2n) is 5.68. The number of benzene rings is 2. The first-order valence-corrected chi connectivity index (χ1v) is 7.93. The molecule has 24 heavy (non-hydrogen) atoms. The summed E-state index contributed by atoms with van der Waals surface area (Å²) in [5, 5.41) is 17.4. The summed E-state index contributed by atoms with van der Waals surface area (Å²) in [5.74, 6) is -0.251. The van der Waals surface area contributed by atoms with E-state index in [1.54, 1.807) is 12.1 Å². The molecule has 3 rings (SSSR count).